The standard InChI is InChI=1S/C24H21NO2/c1-2-21(17-8-4-3-5-9-17)24(26)25-20-14-12-18(13-15-20)23-16-19-10-6-7-11-22(19)27-23/h3-16,21H,2H2,1H3,(H,25,26)/t21-/m1/s1. The van der Waals surface area contributed by atoms with Crippen molar-refractivity contribution in [3.05, 3.63) is 90.5 Å². The summed E-state index contributed by atoms with van der Waals surface area (Å²) in [5, 5.41) is 4.11. The summed E-state index contributed by atoms with van der Waals surface area (Å²) < 4.78 is 5.90. The van der Waals surface area contributed by atoms with E-state index < -0.39 is 0 Å². The quantitative estimate of drug-likeness (QED) is 0.461. The van der Waals surface area contributed by atoms with Crippen molar-refractivity contribution < 1.29 is 9.21 Å². The Kier molecular flexibility index (Phi) is 4.75. The Labute approximate surface area is 158 Å². The average molecular weight is 355 g/mol. The lowest BCUT2D eigenvalue weighted by molar-refractivity contribution is -0.117. The van der Waals surface area contributed by atoms with Gasteiger partial charge in [0.2, 0.25) is 5.91 Å². The molecule has 3 aromatic carbocycles. The Hall–Kier alpha value is -3.33. The van der Waals surface area contributed by atoms with E-state index in [1.807, 2.05) is 91.9 Å². The van der Waals surface area contributed by atoms with Crippen molar-refractivity contribution in [2.45, 2.75) is 19.3 Å². The molecular weight excluding hydrogens is 334 g/mol. The molecule has 1 atom stereocenters. The molecule has 3 nitrogen and oxygen atoms in total. The van der Waals surface area contributed by atoms with Crippen molar-refractivity contribution >= 4 is 22.6 Å². The average Bonchev–Trinajstić information content (AvgIpc) is 3.14. The van der Waals surface area contributed by atoms with Crippen LogP contribution in [0, 0.1) is 0 Å². The van der Waals surface area contributed by atoms with Crippen LogP contribution in [0.15, 0.2) is 89.3 Å². The van der Waals surface area contributed by atoms with Crippen LogP contribution in [0.25, 0.3) is 22.3 Å². The normalized spacial score (nSPS) is 12.0. The Bertz CT molecular complexity index is 1020. The van der Waals surface area contributed by atoms with Gasteiger partial charge in [-0.05, 0) is 48.4 Å². The zero-order valence-electron chi connectivity index (χ0n) is 15.2. The van der Waals surface area contributed by atoms with Gasteiger partial charge in [0, 0.05) is 16.6 Å². The Morgan fingerprint density at radius 2 is 1.63 bits per heavy atom. The largest absolute Gasteiger partial charge is 0.456 e. The van der Waals surface area contributed by atoms with Crippen LogP contribution in [0.4, 0.5) is 5.69 Å². The molecule has 0 radical (unpaired) electrons. The number of hydrogen-bond donors (Lipinski definition) is 1. The van der Waals surface area contributed by atoms with Crippen molar-refractivity contribution in [2.24, 2.45) is 0 Å². The Balaban J connectivity index is 1.51. The third-order valence-electron chi connectivity index (χ3n) is 4.79. The summed E-state index contributed by atoms with van der Waals surface area (Å²) in [5.74, 6) is 0.686. The molecule has 0 spiro atoms. The molecule has 0 fully saturated rings. The van der Waals surface area contributed by atoms with E-state index in [4.69, 9.17) is 4.42 Å². The molecule has 0 unspecified atom stereocenters. The van der Waals surface area contributed by atoms with Crippen LogP contribution >= 0.6 is 0 Å². The number of hydrogen-bond acceptors (Lipinski definition) is 2. The lowest BCUT2D eigenvalue weighted by Gasteiger charge is -2.15. The van der Waals surface area contributed by atoms with E-state index >= 15 is 0 Å². The van der Waals surface area contributed by atoms with E-state index in [1.165, 1.54) is 0 Å². The minimum absolute atomic E-state index is 0.0141. The van der Waals surface area contributed by atoms with E-state index in [2.05, 4.69) is 5.32 Å². The molecule has 1 amide bonds. The second-order valence-corrected chi connectivity index (χ2v) is 6.59. The van der Waals surface area contributed by atoms with Crippen LogP contribution in [0.2, 0.25) is 0 Å². The maximum Gasteiger partial charge on any atom is 0.231 e. The molecule has 0 aliphatic carbocycles. The molecule has 0 saturated carbocycles. The second kappa shape index (κ2) is 7.50. The van der Waals surface area contributed by atoms with E-state index in [9.17, 15) is 4.79 Å². The lowest BCUT2D eigenvalue weighted by atomic mass is 9.95. The molecule has 134 valence electrons. The van der Waals surface area contributed by atoms with Gasteiger partial charge in [0.15, 0.2) is 0 Å². The molecule has 3 heteroatoms. The first-order valence-corrected chi connectivity index (χ1v) is 9.19. The number of furan rings is 1. The first kappa shape index (κ1) is 17.1. The van der Waals surface area contributed by atoms with E-state index in [0.717, 1.165) is 40.0 Å². The molecule has 0 aliphatic heterocycles. The second-order valence-electron chi connectivity index (χ2n) is 6.59. The summed E-state index contributed by atoms with van der Waals surface area (Å²) in [7, 11) is 0. The minimum Gasteiger partial charge on any atom is -0.456 e. The number of carbonyl (C=O) groups is 1. The molecule has 4 aromatic rings. The van der Waals surface area contributed by atoms with Crippen LogP contribution in [-0.4, -0.2) is 5.91 Å². The van der Waals surface area contributed by atoms with Crippen molar-refractivity contribution in [3.8, 4) is 11.3 Å². The molecule has 1 N–H and O–H groups in total. The van der Waals surface area contributed by atoms with E-state index in [0.29, 0.717) is 0 Å². The third kappa shape index (κ3) is 3.63. The number of carbonyl (C=O) groups excluding carboxylic acids is 1. The topological polar surface area (TPSA) is 42.2 Å². The summed E-state index contributed by atoms with van der Waals surface area (Å²) in [6.45, 7) is 2.03. The van der Waals surface area contributed by atoms with Crippen molar-refractivity contribution in [3.63, 3.8) is 0 Å². The monoisotopic (exact) mass is 355 g/mol. The first-order chi connectivity index (χ1) is 13.2. The number of anilines is 1. The van der Waals surface area contributed by atoms with Crippen LogP contribution in [-0.2, 0) is 4.79 Å². The highest BCUT2D eigenvalue weighted by Crippen LogP contribution is 2.29. The molecule has 27 heavy (non-hydrogen) atoms. The number of amides is 1. The van der Waals surface area contributed by atoms with Crippen molar-refractivity contribution in [1.29, 1.82) is 0 Å². The van der Waals surface area contributed by atoms with Crippen LogP contribution < -0.4 is 5.32 Å². The van der Waals surface area contributed by atoms with Crippen LogP contribution in [0.5, 0.6) is 0 Å². The van der Waals surface area contributed by atoms with E-state index in [1.54, 1.807) is 0 Å². The molecular formula is C24H21NO2. The van der Waals surface area contributed by atoms with E-state index in [-0.39, 0.29) is 11.8 Å². The van der Waals surface area contributed by atoms with Gasteiger partial charge in [0.1, 0.15) is 11.3 Å². The lowest BCUT2D eigenvalue weighted by Crippen LogP contribution is -2.20. The highest BCUT2D eigenvalue weighted by atomic mass is 16.3. The number of nitrogens with one attached hydrogen (secondary N) is 1. The van der Waals surface area contributed by atoms with Gasteiger partial charge in [-0.15, -0.1) is 0 Å². The molecule has 0 saturated heterocycles. The summed E-state index contributed by atoms with van der Waals surface area (Å²) in [6.07, 6.45) is 0.757. The fourth-order valence-electron chi connectivity index (χ4n) is 3.33. The summed E-state index contributed by atoms with van der Waals surface area (Å²) in [6, 6.07) is 27.6. The summed E-state index contributed by atoms with van der Waals surface area (Å²) in [4.78, 5) is 12.7. The Morgan fingerprint density at radius 3 is 2.33 bits per heavy atom. The Morgan fingerprint density at radius 1 is 0.926 bits per heavy atom. The molecule has 0 aliphatic rings. The van der Waals surface area contributed by atoms with Gasteiger partial charge < -0.3 is 9.73 Å². The molecule has 4 rings (SSSR count). The van der Waals surface area contributed by atoms with Gasteiger partial charge in [0.25, 0.3) is 0 Å². The molecule has 0 bridgehead atoms. The molecule has 1 heterocycles. The van der Waals surface area contributed by atoms with Crippen LogP contribution in [0.3, 0.4) is 0 Å². The third-order valence-corrected chi connectivity index (χ3v) is 4.79. The van der Waals surface area contributed by atoms with Gasteiger partial charge in [-0.25, -0.2) is 0 Å². The number of rotatable bonds is 5. The predicted octanol–water partition coefficient (Wildman–Crippen LogP) is 6.23. The number of fused-ring (bicyclic) bond motifs is 1. The number of benzene rings is 3. The highest BCUT2D eigenvalue weighted by Gasteiger charge is 2.18. The van der Waals surface area contributed by atoms with Crippen molar-refractivity contribution in [1.82, 2.24) is 0 Å². The SMILES string of the molecule is CC[C@@H](C(=O)Nc1ccc(-c2cc3ccccc3o2)cc1)c1ccccc1. The van der Waals surface area contributed by atoms with Gasteiger partial charge in [-0.2, -0.15) is 0 Å². The molecule has 1 aromatic heterocycles. The van der Waals surface area contributed by atoms with Gasteiger partial charge in [-0.3, -0.25) is 4.79 Å². The zero-order valence-corrected chi connectivity index (χ0v) is 15.2. The smallest absolute Gasteiger partial charge is 0.231 e. The zero-order chi connectivity index (χ0) is 18.6. The van der Waals surface area contributed by atoms with Gasteiger partial charge >= 0.3 is 0 Å². The maximum atomic E-state index is 12.7. The predicted molar refractivity (Wildman–Crippen MR) is 110 cm³/mol. The first-order valence-electron chi connectivity index (χ1n) is 9.19. The highest BCUT2D eigenvalue weighted by molar-refractivity contribution is 5.96. The van der Waals surface area contributed by atoms with Crippen LogP contribution in [0.1, 0.15) is 24.8 Å². The fraction of sp³-hybridized carbons (Fsp3) is 0.125. The summed E-state index contributed by atoms with van der Waals surface area (Å²) in [5.41, 5.74) is 3.68. The minimum atomic E-state index is -0.152. The maximum absolute atomic E-state index is 12.7. The fourth-order valence-corrected chi connectivity index (χ4v) is 3.33. The van der Waals surface area contributed by atoms with Gasteiger partial charge in [-0.1, -0.05) is 55.5 Å². The van der Waals surface area contributed by atoms with Gasteiger partial charge in [0.05, 0.1) is 5.92 Å². The number of para-hydroxylation sites is 1. The van der Waals surface area contributed by atoms with Crippen molar-refractivity contribution in [2.75, 3.05) is 5.32 Å². The summed E-state index contributed by atoms with van der Waals surface area (Å²) >= 11 is 0.